The van der Waals surface area contributed by atoms with Crippen LogP contribution in [-0.2, 0) is 4.74 Å². The van der Waals surface area contributed by atoms with Crippen LogP contribution in [-0.4, -0.2) is 17.6 Å². The van der Waals surface area contributed by atoms with Crippen LogP contribution < -0.4 is 5.43 Å². The van der Waals surface area contributed by atoms with E-state index < -0.39 is 5.97 Å². The number of ether oxygens (including phenoxy) is 1. The zero-order valence-corrected chi connectivity index (χ0v) is 12.5. The van der Waals surface area contributed by atoms with Gasteiger partial charge in [-0.1, -0.05) is 41.9 Å². The molecule has 0 amide bonds. The van der Waals surface area contributed by atoms with Crippen LogP contribution in [0.25, 0.3) is 16.6 Å². The van der Waals surface area contributed by atoms with Gasteiger partial charge in [0.2, 0.25) is 5.43 Å². The highest BCUT2D eigenvalue weighted by atomic mass is 35.5. The number of esters is 1. The molecule has 0 spiro atoms. The van der Waals surface area contributed by atoms with Crippen LogP contribution in [0.15, 0.2) is 59.4 Å². The summed E-state index contributed by atoms with van der Waals surface area (Å²) in [5.41, 5.74) is 0.966. The smallest absolute Gasteiger partial charge is 0.356 e. The molecule has 3 aromatic rings. The van der Waals surface area contributed by atoms with E-state index >= 15 is 0 Å². The van der Waals surface area contributed by atoms with Gasteiger partial charge >= 0.3 is 5.97 Å². The lowest BCUT2D eigenvalue weighted by molar-refractivity contribution is 0.0591. The number of pyridine rings is 1. The highest BCUT2D eigenvalue weighted by molar-refractivity contribution is 6.34. The molecule has 1 heterocycles. The minimum absolute atomic E-state index is 0.0269. The number of halogens is 1. The molecule has 1 aromatic heterocycles. The van der Waals surface area contributed by atoms with Crippen molar-refractivity contribution in [3.63, 3.8) is 0 Å². The Morgan fingerprint density at radius 1 is 1.05 bits per heavy atom. The number of hydrogen-bond donors (Lipinski definition) is 0. The van der Waals surface area contributed by atoms with E-state index in [1.54, 1.807) is 28.8 Å². The zero-order valence-electron chi connectivity index (χ0n) is 11.7. The molecule has 0 aliphatic heterocycles. The third-order valence-corrected chi connectivity index (χ3v) is 3.76. The van der Waals surface area contributed by atoms with Crippen LogP contribution in [0, 0.1) is 0 Å². The molecule has 0 saturated carbocycles. The maximum Gasteiger partial charge on any atom is 0.356 e. The molecule has 0 radical (unpaired) electrons. The lowest BCUT2D eigenvalue weighted by Crippen LogP contribution is -2.20. The van der Waals surface area contributed by atoms with E-state index in [9.17, 15) is 9.59 Å². The number of fused-ring (bicyclic) bond motifs is 1. The average Bonchev–Trinajstić information content (AvgIpc) is 2.58. The van der Waals surface area contributed by atoms with Gasteiger partial charge in [-0.2, -0.15) is 0 Å². The van der Waals surface area contributed by atoms with Crippen LogP contribution >= 0.6 is 11.6 Å². The van der Waals surface area contributed by atoms with Gasteiger partial charge in [0.05, 0.1) is 12.6 Å². The van der Waals surface area contributed by atoms with E-state index in [0.29, 0.717) is 10.9 Å². The summed E-state index contributed by atoms with van der Waals surface area (Å²) in [4.78, 5) is 24.6. The fourth-order valence-corrected chi connectivity index (χ4v) is 2.69. The topological polar surface area (TPSA) is 48.3 Å². The fraction of sp³-hybridized carbons (Fsp3) is 0.0588. The van der Waals surface area contributed by atoms with Gasteiger partial charge in [0.25, 0.3) is 0 Å². The molecule has 3 rings (SSSR count). The quantitative estimate of drug-likeness (QED) is 0.681. The highest BCUT2D eigenvalue weighted by Gasteiger charge is 2.22. The predicted molar refractivity (Wildman–Crippen MR) is 85.9 cm³/mol. The second kappa shape index (κ2) is 5.66. The van der Waals surface area contributed by atoms with Crippen molar-refractivity contribution in [3.8, 4) is 5.69 Å². The van der Waals surface area contributed by atoms with Gasteiger partial charge in [0, 0.05) is 11.1 Å². The van der Waals surface area contributed by atoms with Crippen molar-refractivity contribution in [1.82, 2.24) is 4.57 Å². The van der Waals surface area contributed by atoms with E-state index in [4.69, 9.17) is 16.3 Å². The van der Waals surface area contributed by atoms with Crippen LogP contribution in [0.5, 0.6) is 0 Å². The molecule has 0 bridgehead atoms. The third kappa shape index (κ3) is 2.18. The van der Waals surface area contributed by atoms with Gasteiger partial charge in [0.1, 0.15) is 5.02 Å². The summed E-state index contributed by atoms with van der Waals surface area (Å²) in [5, 5.41) is 0.304. The van der Waals surface area contributed by atoms with E-state index in [-0.39, 0.29) is 16.1 Å². The largest absolute Gasteiger partial charge is 0.464 e. The van der Waals surface area contributed by atoms with Crippen LogP contribution in [0.1, 0.15) is 10.5 Å². The Kier molecular flexibility index (Phi) is 3.69. The number of hydrogen-bond acceptors (Lipinski definition) is 3. The monoisotopic (exact) mass is 313 g/mol. The van der Waals surface area contributed by atoms with Gasteiger partial charge in [-0.15, -0.1) is 0 Å². The Hall–Kier alpha value is -2.59. The van der Waals surface area contributed by atoms with Crippen LogP contribution in [0.3, 0.4) is 0 Å². The summed E-state index contributed by atoms with van der Waals surface area (Å²) < 4.78 is 6.44. The first kappa shape index (κ1) is 14.4. The first-order chi connectivity index (χ1) is 10.6. The average molecular weight is 314 g/mol. The molecule has 0 aliphatic rings. The summed E-state index contributed by atoms with van der Waals surface area (Å²) in [6.45, 7) is 0. The van der Waals surface area contributed by atoms with Crippen molar-refractivity contribution in [1.29, 1.82) is 0 Å². The van der Waals surface area contributed by atoms with Gasteiger partial charge in [-0.25, -0.2) is 4.79 Å². The van der Waals surface area contributed by atoms with E-state index in [0.717, 1.165) is 5.69 Å². The number of methoxy groups -OCH3 is 1. The third-order valence-electron chi connectivity index (χ3n) is 3.41. The summed E-state index contributed by atoms with van der Waals surface area (Å²) in [6, 6.07) is 16.2. The molecular weight excluding hydrogens is 302 g/mol. The Labute approximate surface area is 131 Å². The normalized spacial score (nSPS) is 10.6. The minimum Gasteiger partial charge on any atom is -0.464 e. The molecule has 5 heteroatoms. The lowest BCUT2D eigenvalue weighted by atomic mass is 10.1. The van der Waals surface area contributed by atoms with Crippen LogP contribution in [0.4, 0.5) is 0 Å². The molecule has 0 aliphatic carbocycles. The van der Waals surface area contributed by atoms with Crippen molar-refractivity contribution < 1.29 is 9.53 Å². The predicted octanol–water partition coefficient (Wildman–Crippen LogP) is 3.43. The number of carbonyl (C=O) groups is 1. The van der Waals surface area contributed by atoms with Crippen molar-refractivity contribution >= 4 is 28.5 Å². The molecule has 0 atom stereocenters. The number of para-hydroxylation sites is 2. The summed E-state index contributed by atoms with van der Waals surface area (Å²) in [5.74, 6) is -0.656. The first-order valence-electron chi connectivity index (χ1n) is 6.62. The molecule has 22 heavy (non-hydrogen) atoms. The summed E-state index contributed by atoms with van der Waals surface area (Å²) in [6.07, 6.45) is 0. The Morgan fingerprint density at radius 3 is 2.36 bits per heavy atom. The van der Waals surface area contributed by atoms with E-state index in [1.807, 2.05) is 30.3 Å². The van der Waals surface area contributed by atoms with E-state index in [1.165, 1.54) is 7.11 Å². The summed E-state index contributed by atoms with van der Waals surface area (Å²) in [7, 11) is 1.26. The molecular formula is C17H12ClNO3. The van der Waals surface area contributed by atoms with Crippen molar-refractivity contribution in [3.05, 3.63) is 75.5 Å². The zero-order chi connectivity index (χ0) is 15.7. The number of aromatic nitrogens is 1. The Balaban J connectivity index is 2.54. The Bertz CT molecular complexity index is 916. The maximum atomic E-state index is 12.4. The second-order valence-corrected chi connectivity index (χ2v) is 5.05. The lowest BCUT2D eigenvalue weighted by Gasteiger charge is -2.16. The van der Waals surface area contributed by atoms with Crippen molar-refractivity contribution in [2.45, 2.75) is 0 Å². The standard InChI is InChI=1S/C17H12ClNO3/c1-22-17(21)15-14(18)16(20)12-9-5-6-10-13(12)19(15)11-7-3-2-4-8-11/h2-10H,1H3. The molecule has 110 valence electrons. The maximum absolute atomic E-state index is 12.4. The fourth-order valence-electron chi connectivity index (χ4n) is 2.43. The van der Waals surface area contributed by atoms with Crippen molar-refractivity contribution in [2.75, 3.05) is 7.11 Å². The van der Waals surface area contributed by atoms with Crippen LogP contribution in [0.2, 0.25) is 5.02 Å². The molecule has 0 N–H and O–H groups in total. The number of benzene rings is 2. The van der Waals surface area contributed by atoms with Crippen molar-refractivity contribution in [2.24, 2.45) is 0 Å². The molecule has 4 nitrogen and oxygen atoms in total. The molecule has 2 aromatic carbocycles. The summed E-state index contributed by atoms with van der Waals surface area (Å²) >= 11 is 6.17. The minimum atomic E-state index is -0.656. The number of rotatable bonds is 2. The highest BCUT2D eigenvalue weighted by Crippen LogP contribution is 2.24. The molecule has 0 fully saturated rings. The Morgan fingerprint density at radius 2 is 1.68 bits per heavy atom. The SMILES string of the molecule is COC(=O)c1c(Cl)c(=O)c2ccccc2n1-c1ccccc1. The number of nitrogens with zero attached hydrogens (tertiary/aromatic N) is 1. The first-order valence-corrected chi connectivity index (χ1v) is 7.00. The molecule has 0 unspecified atom stereocenters. The van der Waals surface area contributed by atoms with Gasteiger partial charge < -0.3 is 9.30 Å². The van der Waals surface area contributed by atoms with Gasteiger partial charge in [-0.05, 0) is 24.3 Å². The molecule has 0 saturated heterocycles. The number of carbonyl (C=O) groups excluding carboxylic acids is 1. The van der Waals surface area contributed by atoms with Gasteiger partial charge in [-0.3, -0.25) is 4.79 Å². The second-order valence-electron chi connectivity index (χ2n) is 4.67. The van der Waals surface area contributed by atoms with Gasteiger partial charge in [0.15, 0.2) is 5.69 Å². The van der Waals surface area contributed by atoms with E-state index in [2.05, 4.69) is 0 Å².